The molecule has 10 heteroatoms. The van der Waals surface area contributed by atoms with Crippen LogP contribution in [0.15, 0.2) is 42.5 Å². The Bertz CT molecular complexity index is 1070. The molecule has 2 aromatic rings. The molecule has 2 fully saturated rings. The Morgan fingerprint density at radius 2 is 1.88 bits per heavy atom. The van der Waals surface area contributed by atoms with E-state index in [9.17, 15) is 23.9 Å². The van der Waals surface area contributed by atoms with E-state index in [0.717, 1.165) is 0 Å². The number of para-hydroxylation sites is 1. The van der Waals surface area contributed by atoms with E-state index in [1.165, 1.54) is 24.0 Å². The average Bonchev–Trinajstić information content (AvgIpc) is 3.18. The summed E-state index contributed by atoms with van der Waals surface area (Å²) in [5.74, 6) is -1.02. The number of hydrogen-bond donors (Lipinski definition) is 2. The van der Waals surface area contributed by atoms with Crippen molar-refractivity contribution in [1.29, 1.82) is 0 Å². The lowest BCUT2D eigenvalue weighted by atomic mass is 10.1. The fourth-order valence-corrected chi connectivity index (χ4v) is 3.99. The zero-order chi connectivity index (χ0) is 23.5. The minimum absolute atomic E-state index is 0.0636. The Kier molecular flexibility index (Phi) is 6.34. The maximum absolute atomic E-state index is 14.9. The van der Waals surface area contributed by atoms with Crippen molar-refractivity contribution in [2.45, 2.75) is 13.0 Å². The second kappa shape index (κ2) is 9.35. The van der Waals surface area contributed by atoms with E-state index >= 15 is 0 Å². The van der Waals surface area contributed by atoms with Crippen LogP contribution >= 0.6 is 0 Å². The van der Waals surface area contributed by atoms with Crippen molar-refractivity contribution >= 4 is 29.3 Å². The van der Waals surface area contributed by atoms with E-state index in [2.05, 4.69) is 5.32 Å². The largest absolute Gasteiger partial charge is 0.507 e. The molecule has 2 aliphatic rings. The van der Waals surface area contributed by atoms with Crippen LogP contribution in [-0.2, 0) is 9.53 Å². The maximum Gasteiger partial charge on any atom is 0.414 e. The highest BCUT2D eigenvalue weighted by molar-refractivity contribution is 5.97. The number of ether oxygens (including phenoxy) is 1. The highest BCUT2D eigenvalue weighted by atomic mass is 19.1. The van der Waals surface area contributed by atoms with Crippen LogP contribution in [0.3, 0.4) is 0 Å². The first-order valence-electron chi connectivity index (χ1n) is 10.7. The van der Waals surface area contributed by atoms with Crippen LogP contribution in [-0.4, -0.2) is 73.3 Å². The van der Waals surface area contributed by atoms with Crippen LogP contribution in [0.25, 0.3) is 0 Å². The van der Waals surface area contributed by atoms with E-state index in [1.807, 2.05) is 4.90 Å². The number of phenols is 1. The van der Waals surface area contributed by atoms with Gasteiger partial charge in [0.05, 0.1) is 30.0 Å². The number of amides is 3. The highest BCUT2D eigenvalue weighted by Gasteiger charge is 2.33. The second-order valence-electron chi connectivity index (χ2n) is 7.99. The summed E-state index contributed by atoms with van der Waals surface area (Å²) in [5.41, 5.74) is 1.01. The molecule has 33 heavy (non-hydrogen) atoms. The third-order valence-corrected chi connectivity index (χ3v) is 5.74. The summed E-state index contributed by atoms with van der Waals surface area (Å²) in [6, 6.07) is 10.9. The van der Waals surface area contributed by atoms with Gasteiger partial charge in [-0.25, -0.2) is 9.18 Å². The van der Waals surface area contributed by atoms with Gasteiger partial charge in [0, 0.05) is 33.1 Å². The number of cyclic esters (lactones) is 1. The minimum atomic E-state index is -0.589. The quantitative estimate of drug-likeness (QED) is 0.713. The third-order valence-electron chi connectivity index (χ3n) is 5.74. The fourth-order valence-electron chi connectivity index (χ4n) is 3.99. The summed E-state index contributed by atoms with van der Waals surface area (Å²) < 4.78 is 20.2. The minimum Gasteiger partial charge on any atom is -0.507 e. The van der Waals surface area contributed by atoms with Crippen molar-refractivity contribution in [2.24, 2.45) is 0 Å². The number of rotatable bonds is 5. The molecule has 3 amide bonds. The molecule has 9 nitrogen and oxygen atoms in total. The number of hydrogen-bond acceptors (Lipinski definition) is 6. The second-order valence-corrected chi connectivity index (χ2v) is 7.99. The molecule has 0 aromatic heterocycles. The van der Waals surface area contributed by atoms with Gasteiger partial charge in [0.15, 0.2) is 0 Å². The highest BCUT2D eigenvalue weighted by Crippen LogP contribution is 2.29. The van der Waals surface area contributed by atoms with Crippen molar-refractivity contribution in [1.82, 2.24) is 10.2 Å². The monoisotopic (exact) mass is 456 g/mol. The van der Waals surface area contributed by atoms with Crippen molar-refractivity contribution in [3.05, 3.63) is 53.8 Å². The third kappa shape index (κ3) is 4.84. The first kappa shape index (κ1) is 22.4. The molecule has 0 saturated carbocycles. The van der Waals surface area contributed by atoms with Crippen molar-refractivity contribution < 1.29 is 28.6 Å². The van der Waals surface area contributed by atoms with Crippen molar-refractivity contribution in [3.63, 3.8) is 0 Å². The number of piperazine rings is 1. The van der Waals surface area contributed by atoms with Gasteiger partial charge >= 0.3 is 6.09 Å². The van der Waals surface area contributed by atoms with E-state index in [-0.39, 0.29) is 36.2 Å². The molecule has 0 aliphatic carbocycles. The molecule has 2 N–H and O–H groups in total. The number of halogens is 1. The Hall–Kier alpha value is -3.82. The van der Waals surface area contributed by atoms with E-state index in [0.29, 0.717) is 37.6 Å². The lowest BCUT2D eigenvalue weighted by Gasteiger charge is -2.36. The van der Waals surface area contributed by atoms with Crippen LogP contribution in [0.5, 0.6) is 5.75 Å². The molecule has 2 aliphatic heterocycles. The van der Waals surface area contributed by atoms with Gasteiger partial charge in [0.2, 0.25) is 5.91 Å². The van der Waals surface area contributed by atoms with Gasteiger partial charge in [-0.1, -0.05) is 12.1 Å². The molecule has 4 rings (SSSR count). The van der Waals surface area contributed by atoms with Gasteiger partial charge in [-0.05, 0) is 30.3 Å². The first-order chi connectivity index (χ1) is 15.8. The van der Waals surface area contributed by atoms with Gasteiger partial charge in [-0.2, -0.15) is 0 Å². The zero-order valence-corrected chi connectivity index (χ0v) is 18.2. The van der Waals surface area contributed by atoms with Crippen molar-refractivity contribution in [3.8, 4) is 5.75 Å². The van der Waals surface area contributed by atoms with E-state index in [4.69, 9.17) is 4.74 Å². The molecule has 2 aromatic carbocycles. The molecule has 2 saturated heterocycles. The normalized spacial score (nSPS) is 18.3. The summed E-state index contributed by atoms with van der Waals surface area (Å²) in [4.78, 5) is 40.7. The van der Waals surface area contributed by atoms with Crippen LogP contribution in [0.4, 0.5) is 20.6 Å². The molecular weight excluding hydrogens is 431 g/mol. The van der Waals surface area contributed by atoms with Crippen LogP contribution in [0, 0.1) is 5.82 Å². The number of phenolic OH excluding ortho intramolecular Hbond substituents is 1. The van der Waals surface area contributed by atoms with Gasteiger partial charge in [-0.3, -0.25) is 14.5 Å². The number of aromatic hydroxyl groups is 1. The molecular formula is C23H25FN4O5. The van der Waals surface area contributed by atoms with Crippen molar-refractivity contribution in [2.75, 3.05) is 49.1 Å². The predicted octanol–water partition coefficient (Wildman–Crippen LogP) is 1.95. The number of carbonyl (C=O) groups is 3. The number of carbonyl (C=O) groups excluding carboxylic acids is 3. The molecule has 0 spiro atoms. The fraction of sp³-hybridized carbons (Fsp3) is 0.348. The topological polar surface area (TPSA) is 102 Å². The smallest absolute Gasteiger partial charge is 0.414 e. The maximum atomic E-state index is 14.9. The number of benzene rings is 2. The Labute approximate surface area is 190 Å². The lowest BCUT2D eigenvalue weighted by molar-refractivity contribution is -0.119. The lowest BCUT2D eigenvalue weighted by Crippen LogP contribution is -2.49. The molecule has 0 unspecified atom stereocenters. The SMILES string of the molecule is CC(=O)NC[C@H]1CN(c2ccc(N3CCN(C(=O)c4ccccc4O)CC3)c(F)c2)C(=O)O1. The summed E-state index contributed by atoms with van der Waals surface area (Å²) in [5, 5.41) is 12.5. The Morgan fingerprint density at radius 1 is 1.15 bits per heavy atom. The zero-order valence-electron chi connectivity index (χ0n) is 18.2. The summed E-state index contributed by atoms with van der Waals surface area (Å²) >= 11 is 0. The van der Waals surface area contributed by atoms with Crippen LogP contribution in [0.2, 0.25) is 0 Å². The summed E-state index contributed by atoms with van der Waals surface area (Å²) in [6.45, 7) is 3.42. The van der Waals surface area contributed by atoms with Crippen LogP contribution < -0.4 is 15.1 Å². The number of nitrogens with one attached hydrogen (secondary N) is 1. The molecule has 2 heterocycles. The molecule has 1 atom stereocenters. The van der Waals surface area contributed by atoms with E-state index in [1.54, 1.807) is 35.2 Å². The van der Waals surface area contributed by atoms with Gasteiger partial charge in [0.1, 0.15) is 17.7 Å². The number of nitrogens with zero attached hydrogens (tertiary/aromatic N) is 3. The molecule has 0 radical (unpaired) electrons. The van der Waals surface area contributed by atoms with Crippen LogP contribution in [0.1, 0.15) is 17.3 Å². The number of anilines is 2. The molecule has 174 valence electrons. The van der Waals surface area contributed by atoms with E-state index < -0.39 is 18.0 Å². The predicted molar refractivity (Wildman–Crippen MR) is 119 cm³/mol. The Balaban J connectivity index is 1.38. The first-order valence-corrected chi connectivity index (χ1v) is 10.7. The average molecular weight is 456 g/mol. The molecule has 0 bridgehead atoms. The Morgan fingerprint density at radius 3 is 2.55 bits per heavy atom. The summed E-state index contributed by atoms with van der Waals surface area (Å²) in [7, 11) is 0. The standard InChI is InChI=1S/C23H25FN4O5/c1-15(29)25-13-17-14-28(23(32)33-17)16-6-7-20(19(24)12-16)26-8-10-27(11-9-26)22(31)18-4-2-3-5-21(18)30/h2-7,12,17,30H,8-11,13-14H2,1H3,(H,25,29)/t17-/m0/s1. The van der Waals surface area contributed by atoms with Gasteiger partial charge in [-0.15, -0.1) is 0 Å². The van der Waals surface area contributed by atoms with Gasteiger partial charge < -0.3 is 25.0 Å². The van der Waals surface area contributed by atoms with Gasteiger partial charge in [0.25, 0.3) is 5.91 Å². The summed E-state index contributed by atoms with van der Waals surface area (Å²) in [6.07, 6.45) is -1.09.